The van der Waals surface area contributed by atoms with Crippen LogP contribution in [0.5, 0.6) is 0 Å². The van der Waals surface area contributed by atoms with Gasteiger partial charge in [0.2, 0.25) is 11.9 Å². The molecular weight excluding hydrogens is 379 g/mol. The van der Waals surface area contributed by atoms with Gasteiger partial charge in [-0.2, -0.15) is 0 Å². The Labute approximate surface area is 176 Å². The minimum Gasteiger partial charge on any atom is -0.342 e. The number of carbonyl (C=O) groups excluding carboxylic acids is 1. The molecule has 30 heavy (non-hydrogen) atoms. The number of aryl methyl sites for hydroxylation is 1. The molecule has 0 atom stereocenters. The van der Waals surface area contributed by atoms with Crippen molar-refractivity contribution in [2.75, 3.05) is 23.3 Å². The third-order valence-electron chi connectivity index (χ3n) is 5.82. The van der Waals surface area contributed by atoms with Gasteiger partial charge in [0, 0.05) is 31.2 Å². The van der Waals surface area contributed by atoms with Gasteiger partial charge in [0.15, 0.2) is 0 Å². The first-order chi connectivity index (χ1) is 14.5. The van der Waals surface area contributed by atoms with Gasteiger partial charge < -0.3 is 14.8 Å². The smallest absolute Gasteiger partial charge is 0.227 e. The quantitative estimate of drug-likeness (QED) is 0.619. The molecule has 0 spiro atoms. The van der Waals surface area contributed by atoms with E-state index in [1.165, 1.54) is 17.6 Å². The molecule has 2 aromatic carbocycles. The van der Waals surface area contributed by atoms with Crippen LogP contribution in [-0.2, 0) is 11.3 Å². The lowest BCUT2D eigenvalue weighted by atomic mass is 9.96. The Morgan fingerprint density at radius 2 is 1.83 bits per heavy atom. The molecule has 1 aromatic heterocycles. The number of anilines is 2. The molecule has 0 radical (unpaired) electrons. The Kier molecular flexibility index (Phi) is 6.02. The monoisotopic (exact) mass is 408 g/mol. The lowest BCUT2D eigenvalue weighted by Crippen LogP contribution is -2.39. The predicted molar refractivity (Wildman–Crippen MR) is 119 cm³/mol. The summed E-state index contributed by atoms with van der Waals surface area (Å²) in [6.07, 6.45) is 2.66. The van der Waals surface area contributed by atoms with Crippen LogP contribution in [0.1, 0.15) is 33.1 Å². The molecule has 0 bridgehead atoms. The molecule has 2 heterocycles. The van der Waals surface area contributed by atoms with E-state index in [9.17, 15) is 9.18 Å². The van der Waals surface area contributed by atoms with E-state index in [2.05, 4.69) is 46.8 Å². The van der Waals surface area contributed by atoms with Crippen LogP contribution in [-0.4, -0.2) is 28.5 Å². The second kappa shape index (κ2) is 8.86. The van der Waals surface area contributed by atoms with E-state index in [0.717, 1.165) is 50.4 Å². The number of nitrogens with one attached hydrogen (secondary N) is 1. The Hall–Kier alpha value is -2.89. The number of piperidine rings is 1. The highest BCUT2D eigenvalue weighted by atomic mass is 19.1. The van der Waals surface area contributed by atoms with Crippen LogP contribution in [0.4, 0.5) is 16.0 Å². The van der Waals surface area contributed by atoms with Crippen molar-refractivity contribution in [2.24, 2.45) is 11.8 Å². The molecule has 1 N–H and O–H groups in total. The molecule has 4 rings (SSSR count). The minimum atomic E-state index is -0.304. The topological polar surface area (TPSA) is 50.2 Å². The Morgan fingerprint density at radius 3 is 2.53 bits per heavy atom. The van der Waals surface area contributed by atoms with Crippen molar-refractivity contribution in [1.82, 2.24) is 9.55 Å². The SMILES string of the molecule is CC(C)CCn1c(N2CCC(C(=O)Nc3ccc(F)cc3)CC2)nc2ccccc21. The summed E-state index contributed by atoms with van der Waals surface area (Å²) in [5, 5.41) is 2.91. The lowest BCUT2D eigenvalue weighted by molar-refractivity contribution is -0.120. The number of nitrogens with zero attached hydrogens (tertiary/aromatic N) is 3. The van der Waals surface area contributed by atoms with Crippen LogP contribution in [0.15, 0.2) is 48.5 Å². The molecule has 5 nitrogen and oxygen atoms in total. The predicted octanol–water partition coefficient (Wildman–Crippen LogP) is 5.08. The van der Waals surface area contributed by atoms with E-state index in [1.54, 1.807) is 12.1 Å². The third-order valence-corrected chi connectivity index (χ3v) is 5.82. The zero-order chi connectivity index (χ0) is 21.1. The van der Waals surface area contributed by atoms with Gasteiger partial charge in [0.05, 0.1) is 11.0 Å². The van der Waals surface area contributed by atoms with Crippen molar-refractivity contribution < 1.29 is 9.18 Å². The maximum atomic E-state index is 13.1. The molecule has 1 saturated heterocycles. The van der Waals surface area contributed by atoms with Gasteiger partial charge in [-0.15, -0.1) is 0 Å². The first-order valence-corrected chi connectivity index (χ1v) is 10.8. The van der Waals surface area contributed by atoms with E-state index in [0.29, 0.717) is 11.6 Å². The molecule has 6 heteroatoms. The highest BCUT2D eigenvalue weighted by Gasteiger charge is 2.27. The summed E-state index contributed by atoms with van der Waals surface area (Å²) in [4.78, 5) is 19.9. The van der Waals surface area contributed by atoms with Crippen LogP contribution in [0.2, 0.25) is 0 Å². The van der Waals surface area contributed by atoms with Gasteiger partial charge in [-0.05, 0) is 61.6 Å². The summed E-state index contributed by atoms with van der Waals surface area (Å²) in [5.74, 6) is 1.30. The number of amides is 1. The van der Waals surface area contributed by atoms with Gasteiger partial charge in [0.25, 0.3) is 0 Å². The molecular formula is C24H29FN4O. The minimum absolute atomic E-state index is 0.00886. The molecule has 1 aliphatic heterocycles. The normalized spacial score (nSPS) is 15.1. The van der Waals surface area contributed by atoms with Gasteiger partial charge >= 0.3 is 0 Å². The van der Waals surface area contributed by atoms with E-state index >= 15 is 0 Å². The number of rotatable bonds is 6. The number of para-hydroxylation sites is 2. The van der Waals surface area contributed by atoms with Crippen molar-refractivity contribution in [1.29, 1.82) is 0 Å². The van der Waals surface area contributed by atoms with Crippen LogP contribution in [0.3, 0.4) is 0 Å². The maximum absolute atomic E-state index is 13.1. The summed E-state index contributed by atoms with van der Waals surface area (Å²) < 4.78 is 15.4. The number of carbonyl (C=O) groups is 1. The number of hydrogen-bond donors (Lipinski definition) is 1. The Balaban J connectivity index is 1.44. The second-order valence-electron chi connectivity index (χ2n) is 8.49. The third kappa shape index (κ3) is 4.48. The number of benzene rings is 2. The van der Waals surface area contributed by atoms with E-state index in [-0.39, 0.29) is 17.6 Å². The van der Waals surface area contributed by atoms with E-state index in [4.69, 9.17) is 4.98 Å². The average Bonchev–Trinajstić information content (AvgIpc) is 3.12. The van der Waals surface area contributed by atoms with Crippen molar-refractivity contribution in [3.63, 3.8) is 0 Å². The van der Waals surface area contributed by atoms with Gasteiger partial charge in [0.1, 0.15) is 5.82 Å². The van der Waals surface area contributed by atoms with Crippen molar-refractivity contribution >= 4 is 28.6 Å². The summed E-state index contributed by atoms with van der Waals surface area (Å²) >= 11 is 0. The molecule has 0 aliphatic carbocycles. The molecule has 3 aromatic rings. The summed E-state index contributed by atoms with van der Waals surface area (Å²) in [6.45, 7) is 7.02. The Bertz CT molecular complexity index is 1000. The van der Waals surface area contributed by atoms with E-state index in [1.807, 2.05) is 6.07 Å². The standard InChI is InChI=1S/C24H29FN4O/c1-17(2)11-16-29-22-6-4-3-5-21(22)27-24(29)28-14-12-18(13-15-28)23(30)26-20-9-7-19(25)8-10-20/h3-10,17-18H,11-16H2,1-2H3,(H,26,30). The first kappa shape index (κ1) is 20.4. The van der Waals surface area contributed by atoms with Gasteiger partial charge in [-0.1, -0.05) is 26.0 Å². The Morgan fingerprint density at radius 1 is 1.13 bits per heavy atom. The fourth-order valence-electron chi connectivity index (χ4n) is 4.03. The first-order valence-electron chi connectivity index (χ1n) is 10.8. The number of imidazole rings is 1. The fourth-order valence-corrected chi connectivity index (χ4v) is 4.03. The number of fused-ring (bicyclic) bond motifs is 1. The van der Waals surface area contributed by atoms with Crippen LogP contribution >= 0.6 is 0 Å². The zero-order valence-corrected chi connectivity index (χ0v) is 17.6. The number of aromatic nitrogens is 2. The van der Waals surface area contributed by atoms with Crippen LogP contribution < -0.4 is 10.2 Å². The highest BCUT2D eigenvalue weighted by Crippen LogP contribution is 2.28. The molecule has 1 amide bonds. The molecule has 1 aliphatic rings. The lowest BCUT2D eigenvalue weighted by Gasteiger charge is -2.32. The average molecular weight is 409 g/mol. The highest BCUT2D eigenvalue weighted by molar-refractivity contribution is 5.92. The van der Waals surface area contributed by atoms with Crippen molar-refractivity contribution in [3.05, 3.63) is 54.3 Å². The fraction of sp³-hybridized carbons (Fsp3) is 0.417. The maximum Gasteiger partial charge on any atom is 0.227 e. The van der Waals surface area contributed by atoms with Gasteiger partial charge in [-0.3, -0.25) is 4.79 Å². The number of hydrogen-bond acceptors (Lipinski definition) is 3. The summed E-state index contributed by atoms with van der Waals surface area (Å²) in [6, 6.07) is 14.2. The summed E-state index contributed by atoms with van der Waals surface area (Å²) in [5.41, 5.74) is 2.83. The number of halogens is 1. The van der Waals surface area contributed by atoms with Crippen molar-refractivity contribution in [2.45, 2.75) is 39.7 Å². The molecule has 158 valence electrons. The molecule has 1 fully saturated rings. The zero-order valence-electron chi connectivity index (χ0n) is 17.6. The van der Waals surface area contributed by atoms with Gasteiger partial charge in [-0.25, -0.2) is 9.37 Å². The van der Waals surface area contributed by atoms with Crippen LogP contribution in [0, 0.1) is 17.7 Å². The second-order valence-corrected chi connectivity index (χ2v) is 8.49. The largest absolute Gasteiger partial charge is 0.342 e. The summed E-state index contributed by atoms with van der Waals surface area (Å²) in [7, 11) is 0. The van der Waals surface area contributed by atoms with Crippen molar-refractivity contribution in [3.8, 4) is 0 Å². The molecule has 0 saturated carbocycles. The molecule has 0 unspecified atom stereocenters. The van der Waals surface area contributed by atoms with Crippen LogP contribution in [0.25, 0.3) is 11.0 Å². The van der Waals surface area contributed by atoms with E-state index < -0.39 is 0 Å².